The molecule has 0 aliphatic heterocycles. The number of hydrogen-bond acceptors (Lipinski definition) is 1. The first-order chi connectivity index (χ1) is 8.58. The summed E-state index contributed by atoms with van der Waals surface area (Å²) < 4.78 is 0.810. The quantitative estimate of drug-likeness (QED) is 0.897. The van der Waals surface area contributed by atoms with E-state index >= 15 is 0 Å². The highest BCUT2D eigenvalue weighted by Crippen LogP contribution is 2.16. The lowest BCUT2D eigenvalue weighted by molar-refractivity contribution is 0.0950. The first-order valence-electron chi connectivity index (χ1n) is 5.75. The third kappa shape index (κ3) is 2.82. The van der Waals surface area contributed by atoms with Gasteiger partial charge in [0.1, 0.15) is 0 Å². The van der Waals surface area contributed by atoms with Gasteiger partial charge in [-0.2, -0.15) is 0 Å². The topological polar surface area (TPSA) is 44.9 Å². The lowest BCUT2D eigenvalue weighted by atomic mass is 10.2. The zero-order chi connectivity index (χ0) is 13.1. The molecule has 18 heavy (non-hydrogen) atoms. The molecule has 1 heterocycles. The Kier molecular flexibility index (Phi) is 3.87. The highest BCUT2D eigenvalue weighted by Gasteiger charge is 2.09. The van der Waals surface area contributed by atoms with Crippen molar-refractivity contribution >= 4 is 21.8 Å². The van der Waals surface area contributed by atoms with E-state index in [1.165, 1.54) is 0 Å². The molecule has 94 valence electrons. The molecule has 0 aliphatic carbocycles. The van der Waals surface area contributed by atoms with Gasteiger partial charge in [-0.15, -0.1) is 0 Å². The molecule has 2 aromatic rings. The molecule has 0 saturated carbocycles. The zero-order valence-corrected chi connectivity index (χ0v) is 12.0. The van der Waals surface area contributed by atoms with Crippen molar-refractivity contribution in [3.8, 4) is 0 Å². The molecule has 1 aromatic carbocycles. The highest BCUT2D eigenvalue weighted by atomic mass is 79.9. The predicted octanol–water partition coefficient (Wildman–Crippen LogP) is 3.32. The highest BCUT2D eigenvalue weighted by molar-refractivity contribution is 9.10. The Morgan fingerprint density at radius 3 is 2.67 bits per heavy atom. The van der Waals surface area contributed by atoms with E-state index in [9.17, 15) is 4.79 Å². The average molecular weight is 307 g/mol. The number of carbonyl (C=O) groups is 1. The van der Waals surface area contributed by atoms with E-state index in [2.05, 4.69) is 32.3 Å². The van der Waals surface area contributed by atoms with Crippen LogP contribution < -0.4 is 5.32 Å². The fraction of sp³-hybridized carbons (Fsp3) is 0.214. The molecule has 0 atom stereocenters. The summed E-state index contributed by atoms with van der Waals surface area (Å²) in [5, 5.41) is 2.92. The lowest BCUT2D eigenvalue weighted by Crippen LogP contribution is -2.23. The van der Waals surface area contributed by atoms with Crippen LogP contribution in [0.5, 0.6) is 0 Å². The molecule has 0 bridgehead atoms. The molecular weight excluding hydrogens is 292 g/mol. The Hall–Kier alpha value is -1.55. The molecule has 0 saturated heterocycles. The van der Waals surface area contributed by atoms with Crippen molar-refractivity contribution in [1.82, 2.24) is 10.3 Å². The molecule has 1 aromatic heterocycles. The Morgan fingerprint density at radius 1 is 1.33 bits per heavy atom. The largest absolute Gasteiger partial charge is 0.362 e. The second-order valence-electron chi connectivity index (χ2n) is 4.27. The zero-order valence-electron chi connectivity index (χ0n) is 10.4. The summed E-state index contributed by atoms with van der Waals surface area (Å²) in [6.45, 7) is 4.55. The van der Waals surface area contributed by atoms with Crippen molar-refractivity contribution < 1.29 is 4.79 Å². The molecule has 0 spiro atoms. The minimum atomic E-state index is -0.0688. The third-order valence-corrected chi connectivity index (χ3v) is 3.51. The fourth-order valence-corrected chi connectivity index (χ4v) is 2.35. The summed E-state index contributed by atoms with van der Waals surface area (Å²) >= 11 is 3.37. The maximum Gasteiger partial charge on any atom is 0.252 e. The van der Waals surface area contributed by atoms with E-state index in [0.29, 0.717) is 12.1 Å². The SMILES string of the molecule is Cc1cc(CNC(=O)c2ccccc2Br)c(C)[nH]1. The van der Waals surface area contributed by atoms with Gasteiger partial charge in [0.25, 0.3) is 5.91 Å². The van der Waals surface area contributed by atoms with E-state index in [4.69, 9.17) is 0 Å². The number of nitrogens with one attached hydrogen (secondary N) is 2. The van der Waals surface area contributed by atoms with Gasteiger partial charge in [0.05, 0.1) is 5.56 Å². The number of aromatic nitrogens is 1. The summed E-state index contributed by atoms with van der Waals surface area (Å²) in [5.74, 6) is -0.0688. The van der Waals surface area contributed by atoms with Crippen LogP contribution in [0.4, 0.5) is 0 Å². The van der Waals surface area contributed by atoms with Crippen LogP contribution in [0.2, 0.25) is 0 Å². The average Bonchev–Trinajstić information content (AvgIpc) is 2.65. The van der Waals surface area contributed by atoms with E-state index < -0.39 is 0 Å². The number of benzene rings is 1. The molecule has 0 unspecified atom stereocenters. The van der Waals surface area contributed by atoms with Crippen LogP contribution in [0.3, 0.4) is 0 Å². The molecule has 0 fully saturated rings. The number of carbonyl (C=O) groups excluding carboxylic acids is 1. The summed E-state index contributed by atoms with van der Waals surface area (Å²) in [6, 6.07) is 9.46. The van der Waals surface area contributed by atoms with Gasteiger partial charge >= 0.3 is 0 Å². The van der Waals surface area contributed by atoms with Crippen LogP contribution in [-0.2, 0) is 6.54 Å². The summed E-state index contributed by atoms with van der Waals surface area (Å²) in [5.41, 5.74) is 3.98. The number of aryl methyl sites for hydroxylation is 2. The van der Waals surface area contributed by atoms with Gasteiger partial charge in [0, 0.05) is 22.4 Å². The fourth-order valence-electron chi connectivity index (χ4n) is 1.88. The number of aromatic amines is 1. The molecule has 2 N–H and O–H groups in total. The van der Waals surface area contributed by atoms with Crippen LogP contribution >= 0.6 is 15.9 Å². The minimum Gasteiger partial charge on any atom is -0.362 e. The van der Waals surface area contributed by atoms with Crippen LogP contribution in [0.25, 0.3) is 0 Å². The smallest absolute Gasteiger partial charge is 0.252 e. The van der Waals surface area contributed by atoms with Crippen LogP contribution in [0.15, 0.2) is 34.8 Å². The van der Waals surface area contributed by atoms with Crippen LogP contribution in [-0.4, -0.2) is 10.9 Å². The maximum absolute atomic E-state index is 12.0. The molecule has 4 heteroatoms. The lowest BCUT2D eigenvalue weighted by Gasteiger charge is -2.06. The number of halogens is 1. The van der Waals surface area contributed by atoms with Gasteiger partial charge in [-0.25, -0.2) is 0 Å². The van der Waals surface area contributed by atoms with Gasteiger partial charge in [-0.3, -0.25) is 4.79 Å². The maximum atomic E-state index is 12.0. The van der Waals surface area contributed by atoms with Gasteiger partial charge in [0.2, 0.25) is 0 Å². The summed E-state index contributed by atoms with van der Waals surface area (Å²) in [6.07, 6.45) is 0. The molecular formula is C14H15BrN2O. The van der Waals surface area contributed by atoms with Crippen molar-refractivity contribution in [3.63, 3.8) is 0 Å². The number of hydrogen-bond donors (Lipinski definition) is 2. The summed E-state index contributed by atoms with van der Waals surface area (Å²) in [4.78, 5) is 15.2. The molecule has 3 nitrogen and oxygen atoms in total. The number of H-pyrrole nitrogens is 1. The van der Waals surface area contributed by atoms with E-state index in [0.717, 1.165) is 21.4 Å². The van der Waals surface area contributed by atoms with E-state index in [-0.39, 0.29) is 5.91 Å². The van der Waals surface area contributed by atoms with E-state index in [1.807, 2.05) is 32.0 Å². The van der Waals surface area contributed by atoms with Crippen molar-refractivity contribution in [2.75, 3.05) is 0 Å². The Labute approximate surface area is 115 Å². The predicted molar refractivity (Wildman–Crippen MR) is 75.6 cm³/mol. The van der Waals surface area contributed by atoms with Crippen molar-refractivity contribution in [3.05, 3.63) is 57.3 Å². The standard InChI is InChI=1S/C14H15BrN2O/c1-9-7-11(10(2)17-9)8-16-14(18)12-5-3-4-6-13(12)15/h3-7,17H,8H2,1-2H3,(H,16,18). The third-order valence-electron chi connectivity index (χ3n) is 2.81. The number of rotatable bonds is 3. The normalized spacial score (nSPS) is 10.4. The summed E-state index contributed by atoms with van der Waals surface area (Å²) in [7, 11) is 0. The molecule has 1 amide bonds. The van der Waals surface area contributed by atoms with Gasteiger partial charge < -0.3 is 10.3 Å². The van der Waals surface area contributed by atoms with Crippen molar-refractivity contribution in [2.45, 2.75) is 20.4 Å². The van der Waals surface area contributed by atoms with E-state index in [1.54, 1.807) is 6.07 Å². The first-order valence-corrected chi connectivity index (χ1v) is 6.55. The van der Waals surface area contributed by atoms with Crippen LogP contribution in [0.1, 0.15) is 27.3 Å². The Bertz CT molecular complexity index is 575. The second kappa shape index (κ2) is 5.40. The molecule has 0 radical (unpaired) electrons. The number of amides is 1. The Morgan fingerprint density at radius 2 is 2.06 bits per heavy atom. The Balaban J connectivity index is 2.05. The first kappa shape index (κ1) is 12.9. The van der Waals surface area contributed by atoms with Gasteiger partial charge in [0.15, 0.2) is 0 Å². The molecule has 2 rings (SSSR count). The minimum absolute atomic E-state index is 0.0688. The van der Waals surface area contributed by atoms with Crippen molar-refractivity contribution in [1.29, 1.82) is 0 Å². The molecule has 0 aliphatic rings. The second-order valence-corrected chi connectivity index (χ2v) is 5.12. The van der Waals surface area contributed by atoms with Crippen molar-refractivity contribution in [2.24, 2.45) is 0 Å². The van der Waals surface area contributed by atoms with Crippen LogP contribution in [0, 0.1) is 13.8 Å². The van der Waals surface area contributed by atoms with Gasteiger partial charge in [-0.1, -0.05) is 12.1 Å². The van der Waals surface area contributed by atoms with Gasteiger partial charge in [-0.05, 0) is 53.5 Å². The monoisotopic (exact) mass is 306 g/mol.